The van der Waals surface area contributed by atoms with E-state index in [1.807, 2.05) is 0 Å². The van der Waals surface area contributed by atoms with E-state index in [-0.39, 0.29) is 10.8 Å². The Labute approximate surface area is 366 Å². The molecule has 4 fully saturated rings. The maximum atomic E-state index is 2.54. The first-order valence-electron chi connectivity index (χ1n) is 23.1. The van der Waals surface area contributed by atoms with Gasteiger partial charge >= 0.3 is 0 Å². The van der Waals surface area contributed by atoms with E-state index in [2.05, 4.69) is 207 Å². The second-order valence-corrected chi connectivity index (χ2v) is 19.8. The van der Waals surface area contributed by atoms with Gasteiger partial charge in [0.2, 0.25) is 0 Å². The zero-order valence-electron chi connectivity index (χ0n) is 35.7. The highest BCUT2D eigenvalue weighted by atomic mass is 15.1. The number of rotatable bonds is 6. The van der Waals surface area contributed by atoms with Crippen LogP contribution in [0.2, 0.25) is 0 Å². The molecule has 4 saturated carbocycles. The zero-order valence-corrected chi connectivity index (χ0v) is 35.7. The lowest BCUT2D eigenvalue weighted by Gasteiger charge is -2.61. The summed E-state index contributed by atoms with van der Waals surface area (Å²) in [6.07, 6.45) is 7.18. The molecule has 0 heterocycles. The van der Waals surface area contributed by atoms with E-state index in [0.717, 1.165) is 35.0 Å². The summed E-state index contributed by atoms with van der Waals surface area (Å²) in [7, 11) is 0. The van der Waals surface area contributed by atoms with Gasteiger partial charge in [0.15, 0.2) is 0 Å². The van der Waals surface area contributed by atoms with Crippen LogP contribution in [-0.2, 0) is 10.8 Å². The van der Waals surface area contributed by atoms with Crippen LogP contribution in [-0.4, -0.2) is 0 Å². The summed E-state index contributed by atoms with van der Waals surface area (Å²) in [6.45, 7) is 4.73. The third-order valence-corrected chi connectivity index (χ3v) is 16.3. The molecule has 300 valence electrons. The second kappa shape index (κ2) is 13.5. The molecule has 0 N–H and O–H groups in total. The normalized spacial score (nSPS) is 22.9. The molecule has 8 aromatic carbocycles. The third-order valence-electron chi connectivity index (χ3n) is 16.3. The molecular weight excluding hydrogens is 747 g/mol. The minimum atomic E-state index is -0.0814. The highest BCUT2D eigenvalue weighted by Gasteiger charge is 2.61. The van der Waals surface area contributed by atoms with Gasteiger partial charge in [-0.15, -0.1) is 0 Å². The van der Waals surface area contributed by atoms with Crippen molar-refractivity contribution in [3.63, 3.8) is 0 Å². The first-order chi connectivity index (χ1) is 30.4. The van der Waals surface area contributed by atoms with E-state index in [1.165, 1.54) is 105 Å². The predicted molar refractivity (Wildman–Crippen MR) is 258 cm³/mol. The van der Waals surface area contributed by atoms with Crippen LogP contribution in [0.5, 0.6) is 0 Å². The van der Waals surface area contributed by atoms with Crippen LogP contribution in [0.15, 0.2) is 188 Å². The lowest BCUT2D eigenvalue weighted by Crippen LogP contribution is -2.55. The fourth-order valence-corrected chi connectivity index (χ4v) is 13.7. The van der Waals surface area contributed by atoms with E-state index >= 15 is 0 Å². The standard InChI is InChI=1S/C61H51N/c1-60(2)56-14-8-6-12-52(56)54-30-29-51(38-59(54)60)62(49-25-20-43(21-26-49)41-10-4-3-5-11-41)50-27-22-44(23-28-50)42-16-18-45(19-17-42)46-24-31-58-55(37-46)53-13-7-9-15-57(53)61(58)47-33-39-32-40(35-47)36-48(61)34-39/h3-31,37-40,47-48H,32-36H2,1-2H3. The van der Waals surface area contributed by atoms with Gasteiger partial charge in [-0.1, -0.05) is 159 Å². The Morgan fingerprint density at radius 1 is 0.339 bits per heavy atom. The molecule has 0 radical (unpaired) electrons. The van der Waals surface area contributed by atoms with Crippen LogP contribution >= 0.6 is 0 Å². The van der Waals surface area contributed by atoms with Gasteiger partial charge in [0.05, 0.1) is 0 Å². The van der Waals surface area contributed by atoms with Crippen LogP contribution in [0.4, 0.5) is 17.1 Å². The minimum absolute atomic E-state index is 0.0814. The zero-order chi connectivity index (χ0) is 41.2. The molecule has 8 aromatic rings. The van der Waals surface area contributed by atoms with Crippen molar-refractivity contribution in [2.45, 2.75) is 56.8 Å². The summed E-state index contributed by atoms with van der Waals surface area (Å²) in [5, 5.41) is 0. The number of hydrogen-bond acceptors (Lipinski definition) is 1. The molecular formula is C61H51N. The van der Waals surface area contributed by atoms with Gasteiger partial charge in [0.1, 0.15) is 0 Å². The summed E-state index contributed by atoms with van der Waals surface area (Å²) in [6, 6.07) is 71.1. The first kappa shape index (κ1) is 36.2. The molecule has 0 amide bonds. The maximum absolute atomic E-state index is 2.54. The van der Waals surface area contributed by atoms with Crippen LogP contribution in [0.3, 0.4) is 0 Å². The van der Waals surface area contributed by atoms with Crippen molar-refractivity contribution in [3.05, 3.63) is 210 Å². The van der Waals surface area contributed by atoms with Gasteiger partial charge in [-0.05, 0) is 176 Å². The molecule has 0 unspecified atom stereocenters. The third kappa shape index (κ3) is 5.27. The quantitative estimate of drug-likeness (QED) is 0.162. The van der Waals surface area contributed by atoms with E-state index in [9.17, 15) is 0 Å². The number of nitrogens with zero attached hydrogens (tertiary/aromatic N) is 1. The van der Waals surface area contributed by atoms with Crippen molar-refractivity contribution in [3.8, 4) is 55.6 Å². The highest BCUT2D eigenvalue weighted by molar-refractivity contribution is 5.88. The molecule has 1 spiro atoms. The lowest BCUT2D eigenvalue weighted by atomic mass is 9.43. The summed E-state index contributed by atoms with van der Waals surface area (Å²) in [5.74, 6) is 3.51. The number of anilines is 3. The molecule has 0 aromatic heterocycles. The Morgan fingerprint density at radius 3 is 1.39 bits per heavy atom. The number of benzene rings is 8. The van der Waals surface area contributed by atoms with Crippen LogP contribution in [0.1, 0.15) is 68.2 Å². The van der Waals surface area contributed by atoms with Gasteiger partial charge in [0.25, 0.3) is 0 Å². The summed E-state index contributed by atoms with van der Waals surface area (Å²) < 4.78 is 0. The molecule has 14 rings (SSSR count). The van der Waals surface area contributed by atoms with E-state index < -0.39 is 0 Å². The monoisotopic (exact) mass is 797 g/mol. The Hall–Kier alpha value is -6.44. The Morgan fingerprint density at radius 2 is 0.774 bits per heavy atom. The molecule has 1 heteroatoms. The Balaban J connectivity index is 0.828. The first-order valence-corrected chi connectivity index (χ1v) is 23.1. The highest BCUT2D eigenvalue weighted by Crippen LogP contribution is 2.69. The van der Waals surface area contributed by atoms with Crippen LogP contribution < -0.4 is 4.90 Å². The van der Waals surface area contributed by atoms with Crippen molar-refractivity contribution >= 4 is 17.1 Å². The second-order valence-electron chi connectivity index (χ2n) is 19.8. The average molecular weight is 798 g/mol. The predicted octanol–water partition coefficient (Wildman–Crippen LogP) is 16.2. The number of fused-ring (bicyclic) bond motifs is 6. The van der Waals surface area contributed by atoms with Crippen LogP contribution in [0.25, 0.3) is 55.6 Å². The van der Waals surface area contributed by atoms with E-state index in [0.29, 0.717) is 0 Å². The smallest absolute Gasteiger partial charge is 0.0465 e. The molecule has 1 nitrogen and oxygen atoms in total. The molecule has 0 aliphatic heterocycles. The van der Waals surface area contributed by atoms with Crippen molar-refractivity contribution in [2.75, 3.05) is 4.90 Å². The molecule has 6 aliphatic carbocycles. The Kier molecular flexibility index (Phi) is 7.91. The largest absolute Gasteiger partial charge is 0.310 e. The van der Waals surface area contributed by atoms with Crippen molar-refractivity contribution in [1.29, 1.82) is 0 Å². The van der Waals surface area contributed by atoms with Crippen molar-refractivity contribution in [1.82, 2.24) is 0 Å². The van der Waals surface area contributed by atoms with Crippen LogP contribution in [0, 0.1) is 23.7 Å². The average Bonchev–Trinajstić information content (AvgIpc) is 3.74. The van der Waals surface area contributed by atoms with Gasteiger partial charge in [0, 0.05) is 27.9 Å². The van der Waals surface area contributed by atoms with Gasteiger partial charge in [-0.3, -0.25) is 0 Å². The number of hydrogen-bond donors (Lipinski definition) is 0. The van der Waals surface area contributed by atoms with Crippen molar-refractivity contribution in [2.24, 2.45) is 23.7 Å². The SMILES string of the molecule is CC1(C)c2ccccc2-c2ccc(N(c3ccc(-c4ccccc4)cc3)c3ccc(-c4ccc(-c5ccc6c(c5)-c5ccccc5C65C6CC7CC(C6)CC5C7)cc4)cc3)cc21. The summed E-state index contributed by atoms with van der Waals surface area (Å²) in [4.78, 5) is 2.42. The van der Waals surface area contributed by atoms with Crippen molar-refractivity contribution < 1.29 is 0 Å². The molecule has 4 bridgehead atoms. The lowest BCUT2D eigenvalue weighted by molar-refractivity contribution is -0.0399. The van der Waals surface area contributed by atoms with E-state index in [4.69, 9.17) is 0 Å². The van der Waals surface area contributed by atoms with Gasteiger partial charge in [-0.25, -0.2) is 0 Å². The van der Waals surface area contributed by atoms with Gasteiger partial charge in [-0.2, -0.15) is 0 Å². The fraction of sp³-hybridized carbons (Fsp3) is 0.213. The summed E-state index contributed by atoms with van der Waals surface area (Å²) in [5.41, 5.74) is 22.8. The minimum Gasteiger partial charge on any atom is -0.310 e. The maximum Gasteiger partial charge on any atom is 0.0465 e. The fourth-order valence-electron chi connectivity index (χ4n) is 13.7. The Bertz CT molecular complexity index is 3000. The molecule has 0 saturated heterocycles. The molecule has 6 aliphatic rings. The van der Waals surface area contributed by atoms with E-state index in [1.54, 1.807) is 11.1 Å². The van der Waals surface area contributed by atoms with Gasteiger partial charge < -0.3 is 4.90 Å². The topological polar surface area (TPSA) is 3.24 Å². The molecule has 0 atom stereocenters. The summed E-state index contributed by atoms with van der Waals surface area (Å²) >= 11 is 0. The molecule has 62 heavy (non-hydrogen) atoms.